The smallest absolute Gasteiger partial charge is 0.219 e. The molecule has 1 aliphatic rings. The Balaban J connectivity index is 2.16. The Hall–Kier alpha value is -2.22. The summed E-state index contributed by atoms with van der Waals surface area (Å²) in [4.78, 5) is 5.22. The fourth-order valence-corrected chi connectivity index (χ4v) is 4.45. The summed E-state index contributed by atoms with van der Waals surface area (Å²) >= 11 is 0. The van der Waals surface area contributed by atoms with Gasteiger partial charge in [0.1, 0.15) is 5.71 Å². The van der Waals surface area contributed by atoms with Crippen molar-refractivity contribution in [1.29, 1.82) is 0 Å². The highest BCUT2D eigenvalue weighted by Gasteiger charge is 2.42. The van der Waals surface area contributed by atoms with E-state index in [0.29, 0.717) is 23.8 Å². The van der Waals surface area contributed by atoms with Crippen molar-refractivity contribution in [2.45, 2.75) is 86.1 Å². The molecule has 0 N–H and O–H groups in total. The van der Waals surface area contributed by atoms with Crippen molar-refractivity contribution >= 4 is 22.8 Å². The number of para-hydroxylation sites is 2. The molecule has 2 nitrogen and oxygen atoms in total. The molecule has 1 aliphatic heterocycles. The minimum atomic E-state index is 0.402. The third-order valence-electron chi connectivity index (χ3n) is 6.31. The van der Waals surface area contributed by atoms with Crippen LogP contribution in [-0.4, -0.2) is 16.0 Å². The fourth-order valence-electron chi connectivity index (χ4n) is 4.45. The molecule has 0 spiro atoms. The highest BCUT2D eigenvalue weighted by molar-refractivity contribution is 6.39. The number of benzene rings is 2. The van der Waals surface area contributed by atoms with Crippen LogP contribution in [0.5, 0.6) is 0 Å². The number of hydrogen-bond acceptors (Lipinski definition) is 1. The van der Waals surface area contributed by atoms with E-state index in [0.717, 1.165) is 5.71 Å². The van der Waals surface area contributed by atoms with Gasteiger partial charge in [0.25, 0.3) is 0 Å². The molecule has 154 valence electrons. The summed E-state index contributed by atoms with van der Waals surface area (Å²) in [6.45, 7) is 20.3. The molecule has 1 heterocycles. The average Bonchev–Trinajstić information content (AvgIpc) is 2.66. The van der Waals surface area contributed by atoms with Crippen LogP contribution in [0.1, 0.15) is 108 Å². The first-order chi connectivity index (χ1) is 13.6. The second kappa shape index (κ2) is 8.26. The van der Waals surface area contributed by atoms with Gasteiger partial charge in [-0.3, -0.25) is 0 Å². The van der Waals surface area contributed by atoms with Crippen molar-refractivity contribution in [3.8, 4) is 0 Å². The standard InChI is InChI=1S/C27H37N2/c1-16(2)22-12-10-13-23(17(3)4)26(22)28-19(7)20(8)29-21(9)25-15-11-14-24(18(5)6)27(25)29/h10-18,21H,1-9H3/q+1. The minimum absolute atomic E-state index is 0.402. The van der Waals surface area contributed by atoms with E-state index < -0.39 is 0 Å². The van der Waals surface area contributed by atoms with Gasteiger partial charge in [0.05, 0.1) is 11.3 Å². The number of rotatable bonds is 5. The summed E-state index contributed by atoms with van der Waals surface area (Å²) in [6.07, 6.45) is 0. The predicted octanol–water partition coefficient (Wildman–Crippen LogP) is 8.03. The summed E-state index contributed by atoms with van der Waals surface area (Å²) in [7, 11) is 0. The zero-order valence-electron chi connectivity index (χ0n) is 19.7. The first-order valence-corrected chi connectivity index (χ1v) is 11.1. The Morgan fingerprint density at radius 2 is 1.28 bits per heavy atom. The summed E-state index contributed by atoms with van der Waals surface area (Å²) in [6, 6.07) is 13.8. The number of aliphatic imine (C=N–C) groups is 1. The third kappa shape index (κ3) is 3.82. The second-order valence-corrected chi connectivity index (χ2v) is 9.36. The maximum Gasteiger partial charge on any atom is 0.219 e. The topological polar surface area (TPSA) is 15.4 Å². The molecule has 1 atom stereocenters. The van der Waals surface area contributed by atoms with Crippen LogP contribution in [-0.2, 0) is 0 Å². The second-order valence-electron chi connectivity index (χ2n) is 9.36. The van der Waals surface area contributed by atoms with Crippen LogP contribution in [0.2, 0.25) is 0 Å². The van der Waals surface area contributed by atoms with Crippen LogP contribution in [0, 0.1) is 0 Å². The zero-order valence-corrected chi connectivity index (χ0v) is 19.7. The highest BCUT2D eigenvalue weighted by Crippen LogP contribution is 2.46. The molecule has 29 heavy (non-hydrogen) atoms. The Morgan fingerprint density at radius 1 is 0.793 bits per heavy atom. The van der Waals surface area contributed by atoms with Gasteiger partial charge in [-0.15, -0.1) is 0 Å². The summed E-state index contributed by atoms with van der Waals surface area (Å²) in [5, 5.41) is 0. The van der Waals surface area contributed by atoms with E-state index in [2.05, 4.69) is 103 Å². The van der Waals surface area contributed by atoms with Crippen LogP contribution in [0.25, 0.3) is 0 Å². The van der Waals surface area contributed by atoms with E-state index in [1.54, 1.807) is 0 Å². The van der Waals surface area contributed by atoms with E-state index in [1.165, 1.54) is 39.3 Å². The van der Waals surface area contributed by atoms with Gasteiger partial charge in [0.2, 0.25) is 11.4 Å². The van der Waals surface area contributed by atoms with Crippen molar-refractivity contribution in [2.24, 2.45) is 4.99 Å². The van der Waals surface area contributed by atoms with E-state index in [-0.39, 0.29) is 0 Å². The van der Waals surface area contributed by atoms with Gasteiger partial charge in [-0.05, 0) is 41.9 Å². The summed E-state index contributed by atoms with van der Waals surface area (Å²) < 4.78 is 2.48. The van der Waals surface area contributed by atoms with Crippen molar-refractivity contribution in [3.63, 3.8) is 0 Å². The van der Waals surface area contributed by atoms with Crippen molar-refractivity contribution in [2.75, 3.05) is 0 Å². The molecule has 3 rings (SSSR count). The average molecular weight is 390 g/mol. The van der Waals surface area contributed by atoms with Crippen LogP contribution >= 0.6 is 0 Å². The minimum Gasteiger partial charge on any atom is -0.247 e. The van der Waals surface area contributed by atoms with Gasteiger partial charge in [-0.25, -0.2) is 4.99 Å². The molecule has 0 radical (unpaired) electrons. The normalized spacial score (nSPS) is 18.3. The van der Waals surface area contributed by atoms with Crippen LogP contribution in [0.3, 0.4) is 0 Å². The maximum absolute atomic E-state index is 5.22. The molecule has 2 heteroatoms. The molecule has 0 fully saturated rings. The molecule has 0 bridgehead atoms. The van der Waals surface area contributed by atoms with Crippen molar-refractivity contribution in [3.05, 3.63) is 58.7 Å². The van der Waals surface area contributed by atoms with Gasteiger partial charge in [-0.1, -0.05) is 71.9 Å². The number of fused-ring (bicyclic) bond motifs is 1. The van der Waals surface area contributed by atoms with Crippen LogP contribution in [0.15, 0.2) is 41.4 Å². The molecule has 0 aliphatic carbocycles. The zero-order chi connectivity index (χ0) is 21.5. The van der Waals surface area contributed by atoms with Crippen molar-refractivity contribution in [1.82, 2.24) is 0 Å². The quantitative estimate of drug-likeness (QED) is 0.363. The Bertz CT molecular complexity index is 948. The van der Waals surface area contributed by atoms with Gasteiger partial charge >= 0.3 is 0 Å². The Labute approximate surface area is 177 Å². The molecule has 0 saturated carbocycles. The highest BCUT2D eigenvalue weighted by atomic mass is 15.1. The first kappa shape index (κ1) is 21.5. The first-order valence-electron chi connectivity index (χ1n) is 11.1. The van der Waals surface area contributed by atoms with Crippen molar-refractivity contribution < 1.29 is 4.58 Å². The van der Waals surface area contributed by atoms with E-state index in [4.69, 9.17) is 4.99 Å². The SMILES string of the molecule is CC(=Nc1c(C(C)C)cccc1C(C)C)C(C)=[N+]1c2c(C(C)C)cccc2C1C. The lowest BCUT2D eigenvalue weighted by molar-refractivity contribution is -0.518. The lowest BCUT2D eigenvalue weighted by Crippen LogP contribution is -2.32. The number of nitrogens with zero attached hydrogens (tertiary/aromatic N) is 2. The molecular weight excluding hydrogens is 352 g/mol. The predicted molar refractivity (Wildman–Crippen MR) is 127 cm³/mol. The molecule has 0 saturated heterocycles. The number of hydrogen-bond donors (Lipinski definition) is 0. The Kier molecular flexibility index (Phi) is 6.12. The molecule has 2 aromatic carbocycles. The lowest BCUT2D eigenvalue weighted by atomic mass is 9.87. The largest absolute Gasteiger partial charge is 0.247 e. The van der Waals surface area contributed by atoms with Gasteiger partial charge < -0.3 is 0 Å². The van der Waals surface area contributed by atoms with E-state index >= 15 is 0 Å². The van der Waals surface area contributed by atoms with Gasteiger partial charge in [0, 0.05) is 19.4 Å². The van der Waals surface area contributed by atoms with E-state index in [1.807, 2.05) is 0 Å². The summed E-state index contributed by atoms with van der Waals surface area (Å²) in [5.41, 5.74) is 10.5. The molecule has 2 aromatic rings. The third-order valence-corrected chi connectivity index (χ3v) is 6.31. The maximum atomic E-state index is 5.22. The summed E-state index contributed by atoms with van der Waals surface area (Å²) in [5.74, 6) is 1.42. The fraction of sp³-hybridized carbons (Fsp3) is 0.481. The van der Waals surface area contributed by atoms with E-state index in [9.17, 15) is 0 Å². The molecule has 0 amide bonds. The lowest BCUT2D eigenvalue weighted by Gasteiger charge is -2.28. The van der Waals surface area contributed by atoms with Gasteiger partial charge in [0.15, 0.2) is 6.04 Å². The molecule has 0 aromatic heterocycles. The molecule has 1 unspecified atom stereocenters. The van der Waals surface area contributed by atoms with Crippen LogP contribution in [0.4, 0.5) is 11.4 Å². The Morgan fingerprint density at radius 3 is 1.79 bits per heavy atom. The van der Waals surface area contributed by atoms with Gasteiger partial charge in [-0.2, -0.15) is 4.58 Å². The van der Waals surface area contributed by atoms with Crippen LogP contribution < -0.4 is 0 Å². The monoisotopic (exact) mass is 389 g/mol. The molecular formula is C27H37N2+.